The van der Waals surface area contributed by atoms with Gasteiger partial charge in [-0.05, 0) is 49.9 Å². The normalized spacial score (nSPS) is 36.9. The van der Waals surface area contributed by atoms with Crippen LogP contribution in [0.1, 0.15) is 59.3 Å². The first-order valence-electron chi connectivity index (χ1n) is 10.4. The number of halogens is 1. The zero-order chi connectivity index (χ0) is 19.4. The second-order valence-corrected chi connectivity index (χ2v) is 10.0. The number of hydrogen-bond acceptors (Lipinski definition) is 4. The molecule has 8 heteroatoms. The molecule has 1 saturated carbocycles. The predicted octanol–water partition coefficient (Wildman–Crippen LogP) is 1.90. The molecule has 1 aliphatic carbocycles. The quantitative estimate of drug-likeness (QED) is 0.678. The molecule has 4 aliphatic rings. The number of fused-ring (bicyclic) bond motifs is 2. The molecule has 1 spiro atoms. The lowest BCUT2D eigenvalue weighted by Gasteiger charge is -2.43. The summed E-state index contributed by atoms with van der Waals surface area (Å²) in [6.45, 7) is 7.67. The van der Waals surface area contributed by atoms with Crippen molar-refractivity contribution in [3.8, 4) is 0 Å². The molecule has 158 valence electrons. The Morgan fingerprint density at radius 1 is 1.14 bits per heavy atom. The van der Waals surface area contributed by atoms with Gasteiger partial charge in [0.2, 0.25) is 5.91 Å². The van der Waals surface area contributed by atoms with Gasteiger partial charge < -0.3 is 15.5 Å². The van der Waals surface area contributed by atoms with E-state index in [-0.39, 0.29) is 36.2 Å². The van der Waals surface area contributed by atoms with E-state index in [1.807, 2.05) is 4.90 Å². The molecular formula is C20H33ClN4O3. The fraction of sp³-hybridized carbons (Fsp3) is 0.850. The number of carbonyl (C=O) groups excluding carboxylic acids is 3. The number of nitrogens with zero attached hydrogens (tertiary/aromatic N) is 2. The zero-order valence-electron chi connectivity index (χ0n) is 17.1. The molecule has 0 aromatic heterocycles. The van der Waals surface area contributed by atoms with Gasteiger partial charge in [0.05, 0.1) is 0 Å². The van der Waals surface area contributed by atoms with Crippen LogP contribution in [-0.4, -0.2) is 64.9 Å². The van der Waals surface area contributed by atoms with Crippen LogP contribution in [0.3, 0.4) is 0 Å². The maximum absolute atomic E-state index is 13.2. The summed E-state index contributed by atoms with van der Waals surface area (Å²) in [4.78, 5) is 41.7. The maximum atomic E-state index is 13.2. The summed E-state index contributed by atoms with van der Waals surface area (Å²) in [5.74, 6) is 0.0313. The van der Waals surface area contributed by atoms with Gasteiger partial charge in [0.25, 0.3) is 5.91 Å². The Bertz CT molecular complexity index is 670. The number of rotatable bonds is 2. The second-order valence-electron chi connectivity index (χ2n) is 10.0. The lowest BCUT2D eigenvalue weighted by Crippen LogP contribution is -2.54. The number of hydrogen-bond donors (Lipinski definition) is 2. The molecule has 0 aromatic rings. The Balaban J connectivity index is 0.00000225. The maximum Gasteiger partial charge on any atom is 0.325 e. The number of amides is 4. The van der Waals surface area contributed by atoms with E-state index < -0.39 is 11.6 Å². The topological polar surface area (TPSA) is 81.8 Å². The van der Waals surface area contributed by atoms with Crippen molar-refractivity contribution in [1.82, 2.24) is 20.4 Å². The first kappa shape index (κ1) is 21.4. The van der Waals surface area contributed by atoms with E-state index in [9.17, 15) is 14.4 Å². The van der Waals surface area contributed by atoms with Crippen molar-refractivity contribution >= 4 is 30.3 Å². The van der Waals surface area contributed by atoms with Gasteiger partial charge in [-0.15, -0.1) is 12.4 Å². The van der Waals surface area contributed by atoms with Crippen LogP contribution >= 0.6 is 12.4 Å². The summed E-state index contributed by atoms with van der Waals surface area (Å²) in [5.41, 5.74) is -0.839. The molecule has 3 saturated heterocycles. The Hall–Kier alpha value is -1.34. The highest BCUT2D eigenvalue weighted by atomic mass is 35.5. The Kier molecular flexibility index (Phi) is 5.71. The lowest BCUT2D eigenvalue weighted by molar-refractivity contribution is -0.140. The summed E-state index contributed by atoms with van der Waals surface area (Å²) in [7, 11) is 0. The molecule has 28 heavy (non-hydrogen) atoms. The molecule has 7 nitrogen and oxygen atoms in total. The molecule has 3 aliphatic heterocycles. The average Bonchev–Trinajstić information content (AvgIpc) is 2.97. The smallest absolute Gasteiger partial charge is 0.325 e. The third-order valence-electron chi connectivity index (χ3n) is 6.79. The summed E-state index contributed by atoms with van der Waals surface area (Å²) in [5, 5.41) is 6.51. The van der Waals surface area contributed by atoms with Crippen LogP contribution in [0.15, 0.2) is 0 Å². The van der Waals surface area contributed by atoms with Gasteiger partial charge in [0.15, 0.2) is 0 Å². The van der Waals surface area contributed by atoms with Gasteiger partial charge in [0, 0.05) is 25.2 Å². The fourth-order valence-corrected chi connectivity index (χ4v) is 6.05. The minimum atomic E-state index is -0.835. The molecular weight excluding hydrogens is 380 g/mol. The van der Waals surface area contributed by atoms with Gasteiger partial charge in [-0.25, -0.2) is 4.79 Å². The molecule has 4 fully saturated rings. The van der Waals surface area contributed by atoms with Crippen LogP contribution in [0.2, 0.25) is 0 Å². The van der Waals surface area contributed by atoms with Crippen LogP contribution in [0.5, 0.6) is 0 Å². The highest BCUT2D eigenvalue weighted by molar-refractivity contribution is 6.09. The Morgan fingerprint density at radius 2 is 1.86 bits per heavy atom. The van der Waals surface area contributed by atoms with Crippen molar-refractivity contribution in [2.45, 2.75) is 76.9 Å². The molecule has 3 heterocycles. The molecule has 4 atom stereocenters. The number of likely N-dealkylation sites (tertiary alicyclic amines) is 1. The van der Waals surface area contributed by atoms with Gasteiger partial charge in [-0.1, -0.05) is 20.8 Å². The first-order valence-corrected chi connectivity index (χ1v) is 10.4. The van der Waals surface area contributed by atoms with E-state index in [1.54, 1.807) is 0 Å². The Morgan fingerprint density at radius 3 is 2.57 bits per heavy atom. The van der Waals surface area contributed by atoms with E-state index >= 15 is 0 Å². The molecule has 4 rings (SSSR count). The number of imide groups is 1. The van der Waals surface area contributed by atoms with Crippen molar-refractivity contribution < 1.29 is 14.4 Å². The predicted molar refractivity (Wildman–Crippen MR) is 108 cm³/mol. The minimum Gasteiger partial charge on any atom is -0.340 e. The number of urea groups is 1. The van der Waals surface area contributed by atoms with E-state index in [0.29, 0.717) is 43.9 Å². The summed E-state index contributed by atoms with van der Waals surface area (Å²) in [6.07, 6.45) is 5.54. The van der Waals surface area contributed by atoms with Gasteiger partial charge >= 0.3 is 6.03 Å². The summed E-state index contributed by atoms with van der Waals surface area (Å²) >= 11 is 0. The fourth-order valence-electron chi connectivity index (χ4n) is 6.05. The van der Waals surface area contributed by atoms with Gasteiger partial charge in [-0.3, -0.25) is 14.5 Å². The Labute approximate surface area is 173 Å². The summed E-state index contributed by atoms with van der Waals surface area (Å²) < 4.78 is 0. The molecule has 2 bridgehead atoms. The number of carbonyl (C=O) groups is 3. The van der Waals surface area contributed by atoms with Crippen molar-refractivity contribution in [1.29, 1.82) is 0 Å². The van der Waals surface area contributed by atoms with Crippen LogP contribution < -0.4 is 10.6 Å². The third-order valence-corrected chi connectivity index (χ3v) is 6.79. The largest absolute Gasteiger partial charge is 0.340 e. The monoisotopic (exact) mass is 412 g/mol. The molecule has 0 aromatic carbocycles. The van der Waals surface area contributed by atoms with Gasteiger partial charge in [0.1, 0.15) is 12.1 Å². The second kappa shape index (κ2) is 7.48. The highest BCUT2D eigenvalue weighted by Gasteiger charge is 2.56. The van der Waals surface area contributed by atoms with Crippen LogP contribution in [-0.2, 0) is 9.59 Å². The van der Waals surface area contributed by atoms with Gasteiger partial charge in [-0.2, -0.15) is 0 Å². The average molecular weight is 413 g/mol. The van der Waals surface area contributed by atoms with E-state index in [1.165, 1.54) is 6.42 Å². The van der Waals surface area contributed by atoms with Crippen LogP contribution in [0.4, 0.5) is 4.79 Å². The highest BCUT2D eigenvalue weighted by Crippen LogP contribution is 2.46. The van der Waals surface area contributed by atoms with Crippen molar-refractivity contribution in [3.05, 3.63) is 0 Å². The van der Waals surface area contributed by atoms with Crippen molar-refractivity contribution in [2.75, 3.05) is 19.6 Å². The van der Waals surface area contributed by atoms with Crippen molar-refractivity contribution in [2.24, 2.45) is 11.3 Å². The van der Waals surface area contributed by atoms with E-state index in [4.69, 9.17) is 0 Å². The molecule has 4 unspecified atom stereocenters. The SMILES string of the molecule is CC1CC(C)(C)CC2(C1)NC(=O)N(CC(=O)N1CCC3CCC(C1)N3)C2=O.Cl. The summed E-state index contributed by atoms with van der Waals surface area (Å²) in [6, 6.07) is 0.433. The number of nitrogens with one attached hydrogen (secondary N) is 2. The zero-order valence-corrected chi connectivity index (χ0v) is 17.9. The molecule has 4 amide bonds. The lowest BCUT2D eigenvalue weighted by atomic mass is 9.64. The third kappa shape index (κ3) is 3.88. The standard InChI is InChI=1S/C20H32N4O3.ClH/c1-13-8-19(2,3)12-20(9-13)17(26)24(18(27)22-20)11-16(25)23-7-6-14-4-5-15(10-23)21-14;/h13-15,21H,4-12H2,1-3H3,(H,22,27);1H. The van der Waals surface area contributed by atoms with E-state index in [2.05, 4.69) is 31.4 Å². The van der Waals surface area contributed by atoms with Crippen LogP contribution in [0.25, 0.3) is 0 Å². The minimum absolute atomic E-state index is 0. The molecule has 0 radical (unpaired) electrons. The first-order chi connectivity index (χ1) is 12.7. The van der Waals surface area contributed by atoms with E-state index in [0.717, 1.165) is 24.2 Å². The molecule has 2 N–H and O–H groups in total. The van der Waals surface area contributed by atoms with Crippen LogP contribution in [0, 0.1) is 11.3 Å². The van der Waals surface area contributed by atoms with Crippen molar-refractivity contribution in [3.63, 3.8) is 0 Å².